The summed E-state index contributed by atoms with van der Waals surface area (Å²) in [6, 6.07) is 5.14. The smallest absolute Gasteiger partial charge is 0.272 e. The first kappa shape index (κ1) is 19.1. The highest BCUT2D eigenvalue weighted by Gasteiger charge is 2.27. The van der Waals surface area contributed by atoms with E-state index in [9.17, 15) is 17.2 Å². The van der Waals surface area contributed by atoms with Crippen LogP contribution in [0.1, 0.15) is 32.1 Å². The number of nitrogens with two attached hydrogens (primary N) is 1. The molecule has 0 spiro atoms. The van der Waals surface area contributed by atoms with Crippen molar-refractivity contribution in [3.05, 3.63) is 24.3 Å². The van der Waals surface area contributed by atoms with Crippen molar-refractivity contribution in [2.24, 2.45) is 11.7 Å². The van der Waals surface area contributed by atoms with Gasteiger partial charge < -0.3 is 10.5 Å². The third-order valence-electron chi connectivity index (χ3n) is 4.29. The molecule has 1 aliphatic carbocycles. The Morgan fingerprint density at radius 1 is 1.17 bits per heavy atom. The summed E-state index contributed by atoms with van der Waals surface area (Å²) in [4.78, 5) is 0.0705. The Hall–Kier alpha value is -1.25. The van der Waals surface area contributed by atoms with Crippen molar-refractivity contribution in [1.29, 1.82) is 0 Å². The molecule has 1 aromatic rings. The van der Waals surface area contributed by atoms with E-state index >= 15 is 0 Å². The van der Waals surface area contributed by atoms with Gasteiger partial charge in [-0.05, 0) is 43.0 Å². The van der Waals surface area contributed by atoms with E-state index in [4.69, 9.17) is 10.5 Å². The van der Waals surface area contributed by atoms with Crippen LogP contribution in [-0.2, 0) is 10.0 Å². The van der Waals surface area contributed by atoms with Gasteiger partial charge in [0.05, 0.1) is 4.90 Å². The Morgan fingerprint density at radius 3 is 2.33 bits per heavy atom. The molecule has 1 atom stereocenters. The second kappa shape index (κ2) is 8.73. The van der Waals surface area contributed by atoms with Gasteiger partial charge in [-0.2, -0.15) is 0 Å². The van der Waals surface area contributed by atoms with Crippen LogP contribution in [0.25, 0.3) is 0 Å². The van der Waals surface area contributed by atoms with Crippen molar-refractivity contribution in [3.63, 3.8) is 0 Å². The lowest BCUT2D eigenvalue weighted by Crippen LogP contribution is -2.45. The molecule has 1 unspecified atom stereocenters. The number of alkyl halides is 2. The number of rotatable bonds is 8. The van der Waals surface area contributed by atoms with Gasteiger partial charge in [-0.15, -0.1) is 0 Å². The van der Waals surface area contributed by atoms with Crippen LogP contribution in [0.2, 0.25) is 0 Å². The standard InChI is InChI=1S/C16H24F2N2O3S/c17-16(18)11-23-13-6-8-14(9-7-13)24(21,22)20-15(10-19)12-4-2-1-3-5-12/h6-9,12,15-16,20H,1-5,10-11,19H2. The minimum Gasteiger partial charge on any atom is -0.488 e. The van der Waals surface area contributed by atoms with Gasteiger partial charge in [-0.3, -0.25) is 0 Å². The quantitative estimate of drug-likeness (QED) is 0.745. The minimum absolute atomic E-state index is 0.0705. The van der Waals surface area contributed by atoms with Gasteiger partial charge in [0.2, 0.25) is 10.0 Å². The van der Waals surface area contributed by atoms with Crippen LogP contribution in [0.3, 0.4) is 0 Å². The molecule has 1 fully saturated rings. The summed E-state index contributed by atoms with van der Waals surface area (Å²) >= 11 is 0. The molecule has 0 heterocycles. The molecule has 0 saturated heterocycles. The van der Waals surface area contributed by atoms with Gasteiger partial charge in [0.1, 0.15) is 12.4 Å². The highest BCUT2D eigenvalue weighted by Crippen LogP contribution is 2.27. The average molecular weight is 362 g/mol. The lowest BCUT2D eigenvalue weighted by molar-refractivity contribution is 0.0819. The molecule has 136 valence electrons. The zero-order valence-corrected chi connectivity index (χ0v) is 14.3. The van der Waals surface area contributed by atoms with Crippen molar-refractivity contribution in [3.8, 4) is 5.75 Å². The molecule has 24 heavy (non-hydrogen) atoms. The second-order valence-corrected chi connectivity index (χ2v) is 7.75. The fourth-order valence-electron chi connectivity index (χ4n) is 3.01. The Morgan fingerprint density at radius 2 is 1.79 bits per heavy atom. The van der Waals surface area contributed by atoms with Crippen LogP contribution >= 0.6 is 0 Å². The molecule has 1 aromatic carbocycles. The molecule has 0 amide bonds. The minimum atomic E-state index is -3.70. The number of ether oxygens (including phenoxy) is 1. The summed E-state index contributed by atoms with van der Waals surface area (Å²) in [5.74, 6) is 0.462. The summed E-state index contributed by atoms with van der Waals surface area (Å²) in [6.07, 6.45) is 2.75. The van der Waals surface area contributed by atoms with Crippen LogP contribution in [0.4, 0.5) is 8.78 Å². The third-order valence-corrected chi connectivity index (χ3v) is 5.80. The predicted octanol–water partition coefficient (Wildman–Crippen LogP) is 2.52. The van der Waals surface area contributed by atoms with Crippen LogP contribution in [0.15, 0.2) is 29.2 Å². The number of nitrogens with one attached hydrogen (secondary N) is 1. The summed E-state index contributed by atoms with van der Waals surface area (Å²) in [7, 11) is -3.70. The molecule has 8 heteroatoms. The van der Waals surface area contributed by atoms with Gasteiger partial charge in [0.25, 0.3) is 6.43 Å². The summed E-state index contributed by atoms with van der Waals surface area (Å²) in [5, 5.41) is 0. The summed E-state index contributed by atoms with van der Waals surface area (Å²) < 4.78 is 56.7. The van der Waals surface area contributed by atoms with Crippen LogP contribution in [-0.4, -0.2) is 34.0 Å². The van der Waals surface area contributed by atoms with Crippen LogP contribution < -0.4 is 15.2 Å². The molecule has 0 radical (unpaired) electrons. The molecule has 3 N–H and O–H groups in total. The first-order valence-electron chi connectivity index (χ1n) is 8.16. The topological polar surface area (TPSA) is 81.4 Å². The number of hydrogen-bond donors (Lipinski definition) is 2. The second-order valence-electron chi connectivity index (χ2n) is 6.04. The Labute approximate surface area is 141 Å². The van der Waals surface area contributed by atoms with E-state index < -0.39 is 23.1 Å². The van der Waals surface area contributed by atoms with Crippen molar-refractivity contribution in [2.45, 2.75) is 49.5 Å². The fraction of sp³-hybridized carbons (Fsp3) is 0.625. The van der Waals surface area contributed by atoms with E-state index in [1.165, 1.54) is 30.7 Å². The largest absolute Gasteiger partial charge is 0.488 e. The van der Waals surface area contributed by atoms with Crippen LogP contribution in [0, 0.1) is 5.92 Å². The van der Waals surface area contributed by atoms with Crippen LogP contribution in [0.5, 0.6) is 5.75 Å². The lowest BCUT2D eigenvalue weighted by atomic mass is 9.84. The number of halogens is 2. The zero-order valence-electron chi connectivity index (χ0n) is 13.5. The highest BCUT2D eigenvalue weighted by molar-refractivity contribution is 7.89. The average Bonchev–Trinajstić information content (AvgIpc) is 2.59. The fourth-order valence-corrected chi connectivity index (χ4v) is 4.33. The normalized spacial score (nSPS) is 17.8. The number of hydrogen-bond acceptors (Lipinski definition) is 4. The summed E-state index contributed by atoms with van der Waals surface area (Å²) in [5.41, 5.74) is 5.76. The molecule has 5 nitrogen and oxygen atoms in total. The Balaban J connectivity index is 2.02. The maximum Gasteiger partial charge on any atom is 0.272 e. The molecular formula is C16H24F2N2O3S. The molecule has 0 bridgehead atoms. The third kappa shape index (κ3) is 5.39. The first-order valence-corrected chi connectivity index (χ1v) is 9.64. The van der Waals surface area contributed by atoms with Gasteiger partial charge in [-0.1, -0.05) is 19.3 Å². The molecule has 1 saturated carbocycles. The van der Waals surface area contributed by atoms with E-state index in [2.05, 4.69) is 4.72 Å². The van der Waals surface area contributed by atoms with E-state index in [1.807, 2.05) is 0 Å². The van der Waals surface area contributed by atoms with Crippen molar-refractivity contribution < 1.29 is 21.9 Å². The Kier molecular flexibility index (Phi) is 6.94. The number of benzene rings is 1. The number of sulfonamides is 1. The molecule has 1 aliphatic rings. The molecule has 0 aliphatic heterocycles. The maximum atomic E-state index is 12.5. The van der Waals surface area contributed by atoms with Crippen molar-refractivity contribution in [1.82, 2.24) is 4.72 Å². The highest BCUT2D eigenvalue weighted by atomic mass is 32.2. The molecule has 2 rings (SSSR count). The van der Waals surface area contributed by atoms with Gasteiger partial charge in [0, 0.05) is 12.6 Å². The maximum absolute atomic E-state index is 12.5. The van der Waals surface area contributed by atoms with Gasteiger partial charge in [0.15, 0.2) is 0 Å². The lowest BCUT2D eigenvalue weighted by Gasteiger charge is -2.29. The predicted molar refractivity (Wildman–Crippen MR) is 87.7 cm³/mol. The SMILES string of the molecule is NCC(NS(=O)(=O)c1ccc(OCC(F)F)cc1)C1CCCCC1. The molecular weight excluding hydrogens is 338 g/mol. The van der Waals surface area contributed by atoms with Crippen molar-refractivity contribution >= 4 is 10.0 Å². The van der Waals surface area contributed by atoms with E-state index in [0.717, 1.165) is 25.7 Å². The zero-order chi connectivity index (χ0) is 17.6. The van der Waals surface area contributed by atoms with E-state index in [0.29, 0.717) is 0 Å². The monoisotopic (exact) mass is 362 g/mol. The van der Waals surface area contributed by atoms with Gasteiger partial charge >= 0.3 is 0 Å². The van der Waals surface area contributed by atoms with E-state index in [-0.39, 0.29) is 29.1 Å². The first-order chi connectivity index (χ1) is 11.4. The van der Waals surface area contributed by atoms with Crippen molar-refractivity contribution in [2.75, 3.05) is 13.2 Å². The van der Waals surface area contributed by atoms with E-state index in [1.54, 1.807) is 0 Å². The van der Waals surface area contributed by atoms with Gasteiger partial charge in [-0.25, -0.2) is 21.9 Å². The summed E-state index contributed by atoms with van der Waals surface area (Å²) in [6.45, 7) is -0.471. The Bertz CT molecular complexity index is 602. The molecule has 0 aromatic heterocycles.